The van der Waals surface area contributed by atoms with E-state index in [9.17, 15) is 18.0 Å². The summed E-state index contributed by atoms with van der Waals surface area (Å²) in [6.45, 7) is 1.89. The predicted octanol–water partition coefficient (Wildman–Crippen LogP) is 5.00. The van der Waals surface area contributed by atoms with Crippen LogP contribution in [0.4, 0.5) is 18.0 Å². The molecule has 2 aromatic rings. The van der Waals surface area contributed by atoms with Gasteiger partial charge in [0.2, 0.25) is 0 Å². The Morgan fingerprint density at radius 1 is 1.13 bits per heavy atom. The molecular weight excluding hydrogens is 411 g/mol. The molecule has 1 aliphatic heterocycles. The van der Waals surface area contributed by atoms with Gasteiger partial charge >= 0.3 is 12.2 Å². The third kappa shape index (κ3) is 4.50. The summed E-state index contributed by atoms with van der Waals surface area (Å²) in [5.74, 6) is 0.700. The standard InChI is InChI=1S/C22H22F3N3O3/c1-4-28-20(26)17(27(2)21(28)29)11-14-9-10-18(19(12-14)30-3)31-13-15-7-5-6-8-16(15)22(23,24)25/h5-12,26H,4,13H2,1-3H3/b17-11+,26-20?. The van der Waals surface area contributed by atoms with Gasteiger partial charge in [0.25, 0.3) is 0 Å². The molecule has 0 unspecified atom stereocenters. The zero-order valence-electron chi connectivity index (χ0n) is 17.3. The van der Waals surface area contributed by atoms with Gasteiger partial charge in [-0.15, -0.1) is 0 Å². The number of benzene rings is 2. The van der Waals surface area contributed by atoms with E-state index in [1.807, 2.05) is 0 Å². The van der Waals surface area contributed by atoms with E-state index in [2.05, 4.69) is 0 Å². The van der Waals surface area contributed by atoms with Gasteiger partial charge in [-0.3, -0.25) is 15.2 Å². The molecule has 9 heteroatoms. The van der Waals surface area contributed by atoms with Crippen molar-refractivity contribution in [3.05, 3.63) is 64.9 Å². The maximum absolute atomic E-state index is 13.2. The highest BCUT2D eigenvalue weighted by Gasteiger charge is 2.35. The minimum Gasteiger partial charge on any atom is -0.493 e. The van der Waals surface area contributed by atoms with Crippen molar-refractivity contribution in [2.24, 2.45) is 0 Å². The Morgan fingerprint density at radius 3 is 2.45 bits per heavy atom. The van der Waals surface area contributed by atoms with Crippen LogP contribution < -0.4 is 9.47 Å². The summed E-state index contributed by atoms with van der Waals surface area (Å²) in [5.41, 5.74) is 0.351. The molecule has 1 heterocycles. The van der Waals surface area contributed by atoms with Gasteiger partial charge in [-0.05, 0) is 36.8 Å². The molecule has 1 aliphatic rings. The van der Waals surface area contributed by atoms with Gasteiger partial charge < -0.3 is 9.47 Å². The molecule has 0 radical (unpaired) electrons. The number of hydrogen-bond donors (Lipinski definition) is 1. The molecule has 0 aromatic heterocycles. The van der Waals surface area contributed by atoms with E-state index in [0.29, 0.717) is 23.6 Å². The second kappa shape index (κ2) is 8.71. The van der Waals surface area contributed by atoms with Crippen LogP contribution in [-0.4, -0.2) is 42.4 Å². The van der Waals surface area contributed by atoms with Crippen LogP contribution in [0, 0.1) is 5.41 Å². The van der Waals surface area contributed by atoms with Crippen LogP contribution in [0.1, 0.15) is 23.6 Å². The van der Waals surface area contributed by atoms with Crippen LogP contribution in [-0.2, 0) is 12.8 Å². The second-order valence-corrected chi connectivity index (χ2v) is 6.82. The summed E-state index contributed by atoms with van der Waals surface area (Å²) in [5, 5.41) is 8.19. The Labute approximate surface area is 178 Å². The van der Waals surface area contributed by atoms with Gasteiger partial charge in [0.15, 0.2) is 17.3 Å². The lowest BCUT2D eigenvalue weighted by Crippen LogP contribution is -2.30. The number of halogens is 3. The number of amidine groups is 1. The largest absolute Gasteiger partial charge is 0.493 e. The van der Waals surface area contributed by atoms with Crippen LogP contribution in [0.3, 0.4) is 0 Å². The number of amides is 2. The third-order valence-electron chi connectivity index (χ3n) is 4.90. The normalized spacial score (nSPS) is 15.7. The number of nitrogens with one attached hydrogen (secondary N) is 1. The maximum atomic E-state index is 13.2. The molecule has 31 heavy (non-hydrogen) atoms. The number of ether oxygens (including phenoxy) is 2. The van der Waals surface area contributed by atoms with E-state index < -0.39 is 11.7 Å². The fourth-order valence-electron chi connectivity index (χ4n) is 3.26. The summed E-state index contributed by atoms with van der Waals surface area (Å²) in [4.78, 5) is 14.9. The minimum atomic E-state index is -4.47. The number of urea groups is 1. The smallest absolute Gasteiger partial charge is 0.416 e. The molecule has 2 amide bonds. The summed E-state index contributed by atoms with van der Waals surface area (Å²) in [6.07, 6.45) is -2.80. The molecule has 164 valence electrons. The molecule has 1 saturated heterocycles. The lowest BCUT2D eigenvalue weighted by molar-refractivity contribution is -0.138. The van der Waals surface area contributed by atoms with Gasteiger partial charge in [-0.1, -0.05) is 24.3 Å². The van der Waals surface area contributed by atoms with Gasteiger partial charge in [0.05, 0.1) is 18.4 Å². The molecule has 2 aromatic carbocycles. The number of hydrogen-bond acceptors (Lipinski definition) is 4. The Morgan fingerprint density at radius 2 is 1.84 bits per heavy atom. The van der Waals surface area contributed by atoms with Gasteiger partial charge in [-0.25, -0.2) is 4.79 Å². The van der Waals surface area contributed by atoms with Crippen LogP contribution in [0.5, 0.6) is 11.5 Å². The van der Waals surface area contributed by atoms with E-state index >= 15 is 0 Å². The molecule has 3 rings (SSSR count). The minimum absolute atomic E-state index is 0.0162. The van der Waals surface area contributed by atoms with Gasteiger partial charge in [0, 0.05) is 19.2 Å². The van der Waals surface area contributed by atoms with Gasteiger partial charge in [0.1, 0.15) is 6.61 Å². The topological polar surface area (TPSA) is 65.9 Å². The second-order valence-electron chi connectivity index (χ2n) is 6.82. The summed E-state index contributed by atoms with van der Waals surface area (Å²) in [7, 11) is 3.01. The van der Waals surface area contributed by atoms with Crippen molar-refractivity contribution in [1.82, 2.24) is 9.80 Å². The Balaban J connectivity index is 1.84. The predicted molar refractivity (Wildman–Crippen MR) is 110 cm³/mol. The Kier molecular flexibility index (Phi) is 6.24. The number of likely N-dealkylation sites (N-methyl/N-ethyl adjacent to an activating group) is 2. The lowest BCUT2D eigenvalue weighted by Gasteiger charge is -2.15. The van der Waals surface area contributed by atoms with Crippen molar-refractivity contribution < 1.29 is 27.4 Å². The van der Waals surface area contributed by atoms with Crippen LogP contribution in [0.25, 0.3) is 6.08 Å². The number of carbonyl (C=O) groups is 1. The fraction of sp³-hybridized carbons (Fsp3) is 0.273. The molecule has 0 spiro atoms. The van der Waals surface area contributed by atoms with E-state index in [1.54, 1.807) is 38.2 Å². The molecular formula is C22H22F3N3O3. The molecule has 0 saturated carbocycles. The van der Waals surface area contributed by atoms with Gasteiger partial charge in [-0.2, -0.15) is 13.2 Å². The van der Waals surface area contributed by atoms with Crippen LogP contribution in [0.15, 0.2) is 48.2 Å². The highest BCUT2D eigenvalue weighted by atomic mass is 19.4. The summed E-state index contributed by atoms with van der Waals surface area (Å²) >= 11 is 0. The monoisotopic (exact) mass is 433 g/mol. The third-order valence-corrected chi connectivity index (χ3v) is 4.90. The van der Waals surface area contributed by atoms with E-state index in [1.165, 1.54) is 35.1 Å². The van der Waals surface area contributed by atoms with Crippen molar-refractivity contribution in [3.63, 3.8) is 0 Å². The summed E-state index contributed by atoms with van der Waals surface area (Å²) < 4.78 is 50.5. The highest BCUT2D eigenvalue weighted by Crippen LogP contribution is 2.34. The fourth-order valence-corrected chi connectivity index (χ4v) is 3.26. The van der Waals surface area contributed by atoms with Crippen molar-refractivity contribution in [2.45, 2.75) is 19.7 Å². The average Bonchev–Trinajstić information content (AvgIpc) is 2.94. The molecule has 6 nitrogen and oxygen atoms in total. The Hall–Kier alpha value is -3.49. The van der Waals surface area contributed by atoms with Crippen molar-refractivity contribution in [1.29, 1.82) is 5.41 Å². The number of alkyl halides is 3. The number of rotatable bonds is 6. The first-order chi connectivity index (χ1) is 14.7. The lowest BCUT2D eigenvalue weighted by atomic mass is 10.1. The highest BCUT2D eigenvalue weighted by molar-refractivity contribution is 6.15. The Bertz CT molecular complexity index is 1030. The number of methoxy groups -OCH3 is 1. The van der Waals surface area contributed by atoms with Crippen molar-refractivity contribution in [3.8, 4) is 11.5 Å². The molecule has 1 fully saturated rings. The summed E-state index contributed by atoms with van der Waals surface area (Å²) in [6, 6.07) is 9.85. The first kappa shape index (κ1) is 22.2. The van der Waals surface area contributed by atoms with Crippen molar-refractivity contribution >= 4 is 17.9 Å². The quantitative estimate of drug-likeness (QED) is 0.697. The average molecular weight is 433 g/mol. The van der Waals surface area contributed by atoms with E-state index in [0.717, 1.165) is 6.07 Å². The van der Waals surface area contributed by atoms with Crippen LogP contribution in [0.2, 0.25) is 0 Å². The molecule has 0 aliphatic carbocycles. The number of carbonyl (C=O) groups excluding carboxylic acids is 1. The first-order valence-corrected chi connectivity index (χ1v) is 9.49. The van der Waals surface area contributed by atoms with E-state index in [4.69, 9.17) is 14.9 Å². The molecule has 0 atom stereocenters. The first-order valence-electron chi connectivity index (χ1n) is 9.49. The number of nitrogens with zero attached hydrogens (tertiary/aromatic N) is 2. The SMILES string of the molecule is CCN1C(=N)/C(=C\c2ccc(OCc3ccccc3C(F)(F)F)c(OC)c2)N(C)C1=O. The van der Waals surface area contributed by atoms with E-state index in [-0.39, 0.29) is 29.8 Å². The molecule has 0 bridgehead atoms. The maximum Gasteiger partial charge on any atom is 0.416 e. The zero-order valence-corrected chi connectivity index (χ0v) is 17.3. The zero-order chi connectivity index (χ0) is 22.8. The van der Waals surface area contributed by atoms with Crippen LogP contribution >= 0.6 is 0 Å². The van der Waals surface area contributed by atoms with Crippen molar-refractivity contribution in [2.75, 3.05) is 20.7 Å². The molecule has 1 N–H and O–H groups in total.